The van der Waals surface area contributed by atoms with E-state index in [-0.39, 0.29) is 17.2 Å². The average Bonchev–Trinajstić information content (AvgIpc) is 2.42. The number of hydrogen-bond donors (Lipinski definition) is 2. The molecule has 0 spiro atoms. The Bertz CT molecular complexity index is 483. The topological polar surface area (TPSA) is 90.6 Å². The first-order valence-corrected chi connectivity index (χ1v) is 5.11. The molecular formula is C7H8N2O4S. The summed E-state index contributed by atoms with van der Waals surface area (Å²) in [4.78, 5) is 0. The molecule has 1 aliphatic heterocycles. The Balaban J connectivity index is 2.64. The third-order valence-electron chi connectivity index (χ3n) is 1.78. The smallest absolute Gasteiger partial charge is 0.396 e. The van der Waals surface area contributed by atoms with Crippen LogP contribution in [0.4, 0.5) is 11.4 Å². The van der Waals surface area contributed by atoms with Crippen molar-refractivity contribution in [2.75, 3.05) is 18.1 Å². The van der Waals surface area contributed by atoms with Gasteiger partial charge >= 0.3 is 10.4 Å². The molecule has 7 heteroatoms. The molecule has 1 aliphatic rings. The summed E-state index contributed by atoms with van der Waals surface area (Å²) in [5.74, 6) is 0.143. The first-order chi connectivity index (χ1) is 6.53. The maximum Gasteiger partial charge on any atom is 0.501 e. The number of benzene rings is 1. The Morgan fingerprint density at radius 2 is 1.93 bits per heavy atom. The van der Waals surface area contributed by atoms with Crippen LogP contribution in [0.15, 0.2) is 12.1 Å². The Labute approximate surface area is 81.0 Å². The molecule has 6 nitrogen and oxygen atoms in total. The van der Waals surface area contributed by atoms with E-state index in [2.05, 4.69) is 13.7 Å². The number of nitrogens with one attached hydrogen (secondary N) is 1. The molecule has 0 bridgehead atoms. The van der Waals surface area contributed by atoms with Crippen LogP contribution in [0.5, 0.6) is 11.5 Å². The van der Waals surface area contributed by atoms with E-state index in [0.717, 1.165) is 0 Å². The van der Waals surface area contributed by atoms with Crippen molar-refractivity contribution in [3.63, 3.8) is 0 Å². The lowest BCUT2D eigenvalue weighted by Crippen LogP contribution is -2.08. The fourth-order valence-electron chi connectivity index (χ4n) is 1.16. The summed E-state index contributed by atoms with van der Waals surface area (Å²) in [6, 6.07) is 3.15. The van der Waals surface area contributed by atoms with Gasteiger partial charge in [0.25, 0.3) is 0 Å². The van der Waals surface area contributed by atoms with Gasteiger partial charge in [-0.25, -0.2) is 0 Å². The molecule has 2 rings (SSSR count). The van der Waals surface area contributed by atoms with E-state index in [0.29, 0.717) is 5.69 Å². The molecular weight excluding hydrogens is 208 g/mol. The SMILES string of the molecule is CNc1ccc(N)c2c1OS(=O)(=O)O2. The van der Waals surface area contributed by atoms with Crippen molar-refractivity contribution in [3.8, 4) is 11.5 Å². The highest BCUT2D eigenvalue weighted by Crippen LogP contribution is 2.45. The van der Waals surface area contributed by atoms with Gasteiger partial charge < -0.3 is 19.4 Å². The second kappa shape index (κ2) is 2.68. The highest BCUT2D eigenvalue weighted by atomic mass is 32.3. The van der Waals surface area contributed by atoms with E-state index < -0.39 is 10.4 Å². The van der Waals surface area contributed by atoms with Gasteiger partial charge in [-0.1, -0.05) is 0 Å². The third kappa shape index (κ3) is 1.22. The molecule has 0 aromatic heterocycles. The molecule has 0 fully saturated rings. The number of anilines is 2. The Kier molecular flexibility index (Phi) is 1.71. The van der Waals surface area contributed by atoms with Gasteiger partial charge in [-0.2, -0.15) is 0 Å². The molecule has 3 N–H and O–H groups in total. The Morgan fingerprint density at radius 3 is 2.57 bits per heavy atom. The second-order valence-electron chi connectivity index (χ2n) is 2.69. The first-order valence-electron chi connectivity index (χ1n) is 3.77. The van der Waals surface area contributed by atoms with Crippen LogP contribution in [0.3, 0.4) is 0 Å². The Hall–Kier alpha value is -1.63. The standard InChI is InChI=1S/C7H8N2O4S/c1-9-5-3-2-4(8)6-7(5)13-14(10,11)12-6/h2-3,9H,8H2,1H3. The van der Waals surface area contributed by atoms with Crippen molar-refractivity contribution in [2.24, 2.45) is 0 Å². The van der Waals surface area contributed by atoms with Crippen LogP contribution >= 0.6 is 0 Å². The fourth-order valence-corrected chi connectivity index (χ4v) is 1.94. The van der Waals surface area contributed by atoms with Crippen LogP contribution in [-0.2, 0) is 10.4 Å². The normalized spacial score (nSPS) is 16.6. The Morgan fingerprint density at radius 1 is 1.29 bits per heavy atom. The minimum atomic E-state index is -3.98. The van der Waals surface area contributed by atoms with E-state index in [1.54, 1.807) is 13.1 Å². The quantitative estimate of drug-likeness (QED) is 0.657. The van der Waals surface area contributed by atoms with Gasteiger partial charge in [0.2, 0.25) is 11.5 Å². The predicted molar refractivity (Wildman–Crippen MR) is 50.6 cm³/mol. The van der Waals surface area contributed by atoms with E-state index >= 15 is 0 Å². The number of nitrogen functional groups attached to an aromatic ring is 1. The van der Waals surface area contributed by atoms with E-state index in [1.165, 1.54) is 6.07 Å². The van der Waals surface area contributed by atoms with Gasteiger partial charge in [-0.15, -0.1) is 8.42 Å². The highest BCUT2D eigenvalue weighted by Gasteiger charge is 2.32. The number of nitrogens with two attached hydrogens (primary N) is 1. The van der Waals surface area contributed by atoms with E-state index in [9.17, 15) is 8.42 Å². The lowest BCUT2D eigenvalue weighted by atomic mass is 10.2. The van der Waals surface area contributed by atoms with Crippen LogP contribution in [0.1, 0.15) is 0 Å². The van der Waals surface area contributed by atoms with Crippen molar-refractivity contribution < 1.29 is 16.8 Å². The van der Waals surface area contributed by atoms with Crippen molar-refractivity contribution in [3.05, 3.63) is 12.1 Å². The van der Waals surface area contributed by atoms with Crippen molar-refractivity contribution in [1.82, 2.24) is 0 Å². The maximum atomic E-state index is 11.0. The van der Waals surface area contributed by atoms with Crippen LogP contribution in [0, 0.1) is 0 Å². The largest absolute Gasteiger partial charge is 0.501 e. The maximum absolute atomic E-state index is 11.0. The summed E-state index contributed by atoms with van der Waals surface area (Å²) in [5, 5.41) is 2.77. The summed E-state index contributed by atoms with van der Waals surface area (Å²) in [7, 11) is -2.34. The monoisotopic (exact) mass is 216 g/mol. The molecule has 1 aromatic rings. The van der Waals surface area contributed by atoms with Gasteiger partial charge in [-0.3, -0.25) is 0 Å². The molecule has 0 saturated heterocycles. The second-order valence-corrected chi connectivity index (χ2v) is 3.84. The molecule has 0 atom stereocenters. The summed E-state index contributed by atoms with van der Waals surface area (Å²) in [5.41, 5.74) is 6.25. The van der Waals surface area contributed by atoms with Crippen LogP contribution in [-0.4, -0.2) is 15.5 Å². The summed E-state index contributed by atoms with van der Waals surface area (Å²) in [6.07, 6.45) is 0. The van der Waals surface area contributed by atoms with Gasteiger partial charge in [0.15, 0.2) is 0 Å². The molecule has 1 heterocycles. The van der Waals surface area contributed by atoms with Crippen LogP contribution in [0.2, 0.25) is 0 Å². The molecule has 0 radical (unpaired) electrons. The van der Waals surface area contributed by atoms with E-state index in [1.807, 2.05) is 0 Å². The van der Waals surface area contributed by atoms with Crippen molar-refractivity contribution in [2.45, 2.75) is 0 Å². The summed E-state index contributed by atoms with van der Waals surface area (Å²) < 4.78 is 31.1. The number of rotatable bonds is 1. The van der Waals surface area contributed by atoms with Crippen molar-refractivity contribution >= 4 is 21.8 Å². The van der Waals surface area contributed by atoms with Crippen LogP contribution in [0.25, 0.3) is 0 Å². The predicted octanol–water partition coefficient (Wildman–Crippen LogP) is 0.326. The molecule has 0 amide bonds. The van der Waals surface area contributed by atoms with Gasteiger partial charge in [-0.05, 0) is 12.1 Å². The fraction of sp³-hybridized carbons (Fsp3) is 0.143. The summed E-state index contributed by atoms with van der Waals surface area (Å²) in [6.45, 7) is 0. The van der Waals surface area contributed by atoms with Gasteiger partial charge in [0, 0.05) is 7.05 Å². The lowest BCUT2D eigenvalue weighted by Gasteiger charge is -2.03. The van der Waals surface area contributed by atoms with Gasteiger partial charge in [0.05, 0.1) is 11.4 Å². The minimum Gasteiger partial charge on any atom is -0.396 e. The van der Waals surface area contributed by atoms with Gasteiger partial charge in [0.1, 0.15) is 0 Å². The zero-order valence-corrected chi connectivity index (χ0v) is 8.09. The van der Waals surface area contributed by atoms with Crippen LogP contribution < -0.4 is 19.4 Å². The molecule has 1 aromatic carbocycles. The average molecular weight is 216 g/mol. The zero-order chi connectivity index (χ0) is 10.3. The summed E-state index contributed by atoms with van der Waals surface area (Å²) >= 11 is 0. The molecule has 0 aliphatic carbocycles. The molecule has 14 heavy (non-hydrogen) atoms. The molecule has 76 valence electrons. The lowest BCUT2D eigenvalue weighted by molar-refractivity contribution is 0.437. The molecule has 0 saturated carbocycles. The zero-order valence-electron chi connectivity index (χ0n) is 7.27. The first kappa shape index (κ1) is 8.95. The highest BCUT2D eigenvalue weighted by molar-refractivity contribution is 7.82. The van der Waals surface area contributed by atoms with E-state index in [4.69, 9.17) is 5.73 Å². The van der Waals surface area contributed by atoms with Crippen molar-refractivity contribution in [1.29, 1.82) is 0 Å². The minimum absolute atomic E-state index is 0.0388. The number of hydrogen-bond acceptors (Lipinski definition) is 6. The molecule has 0 unspecified atom stereocenters. The number of fused-ring (bicyclic) bond motifs is 1. The third-order valence-corrected chi connectivity index (χ3v) is 2.52.